The number of rotatable bonds is 3. The molecular formula is C18H14F4N2O2S. The molecule has 2 atom stereocenters. The minimum atomic E-state index is -4.95. The quantitative estimate of drug-likeness (QED) is 0.584. The van der Waals surface area contributed by atoms with E-state index >= 15 is 0 Å². The van der Waals surface area contributed by atoms with Crippen molar-refractivity contribution in [3.8, 4) is 0 Å². The number of carbonyl (C=O) groups excluding carboxylic acids is 2. The van der Waals surface area contributed by atoms with E-state index in [2.05, 4.69) is 4.90 Å². The van der Waals surface area contributed by atoms with Crippen LogP contribution in [-0.4, -0.2) is 47.9 Å². The fraction of sp³-hybridized carbons (Fsp3) is 0.333. The van der Waals surface area contributed by atoms with Gasteiger partial charge in [-0.3, -0.25) is 9.59 Å². The van der Waals surface area contributed by atoms with Crippen LogP contribution >= 0.6 is 11.3 Å². The van der Waals surface area contributed by atoms with E-state index in [-0.39, 0.29) is 28.7 Å². The molecular weight excluding hydrogens is 384 g/mol. The summed E-state index contributed by atoms with van der Waals surface area (Å²) in [7, 11) is 0. The minimum Gasteiger partial charge on any atom is -0.365 e. The van der Waals surface area contributed by atoms with E-state index in [1.807, 2.05) is 0 Å². The van der Waals surface area contributed by atoms with Crippen LogP contribution < -0.4 is 4.90 Å². The molecule has 1 amide bonds. The summed E-state index contributed by atoms with van der Waals surface area (Å²) >= 11 is 0.573. The zero-order valence-corrected chi connectivity index (χ0v) is 14.7. The molecule has 142 valence electrons. The number of benzene rings is 1. The molecule has 0 saturated carbocycles. The molecule has 0 N–H and O–H groups in total. The molecule has 27 heavy (non-hydrogen) atoms. The first-order valence-electron chi connectivity index (χ1n) is 8.28. The highest BCUT2D eigenvalue weighted by Crippen LogP contribution is 2.36. The van der Waals surface area contributed by atoms with Gasteiger partial charge in [-0.2, -0.15) is 13.2 Å². The van der Waals surface area contributed by atoms with Crippen molar-refractivity contribution in [2.45, 2.75) is 24.7 Å². The van der Waals surface area contributed by atoms with E-state index in [4.69, 9.17) is 0 Å². The summed E-state index contributed by atoms with van der Waals surface area (Å²) in [4.78, 5) is 27.4. The van der Waals surface area contributed by atoms with Gasteiger partial charge in [0.15, 0.2) is 0 Å². The van der Waals surface area contributed by atoms with Gasteiger partial charge in [0.1, 0.15) is 5.82 Å². The van der Waals surface area contributed by atoms with Crippen molar-refractivity contribution in [3.63, 3.8) is 0 Å². The summed E-state index contributed by atoms with van der Waals surface area (Å²) in [5.74, 6) is -2.61. The first-order chi connectivity index (χ1) is 12.7. The van der Waals surface area contributed by atoms with Crippen LogP contribution in [0.1, 0.15) is 25.8 Å². The molecule has 0 radical (unpaired) electrons. The molecule has 0 spiro atoms. The average molecular weight is 398 g/mol. The van der Waals surface area contributed by atoms with Crippen LogP contribution in [0, 0.1) is 5.82 Å². The fourth-order valence-corrected chi connectivity index (χ4v) is 4.64. The Bertz CT molecular complexity index is 894. The number of piperazine rings is 1. The lowest BCUT2D eigenvalue weighted by atomic mass is 10.2. The number of nitrogens with zero attached hydrogens (tertiary/aromatic N) is 2. The Labute approximate surface area is 156 Å². The van der Waals surface area contributed by atoms with Crippen LogP contribution in [0.2, 0.25) is 0 Å². The molecule has 4 nitrogen and oxygen atoms in total. The van der Waals surface area contributed by atoms with Crippen LogP contribution in [0.3, 0.4) is 0 Å². The standard InChI is InChI=1S/C18H14F4N2O2S/c19-10-1-3-11(4-2-10)23-8-13-7-12(23)9-24(13)17(26)15-6-5-14(27-15)16(25)18(20,21)22/h1-6,12-13H,7-9H2. The van der Waals surface area contributed by atoms with Crippen molar-refractivity contribution in [2.24, 2.45) is 0 Å². The van der Waals surface area contributed by atoms with Gasteiger partial charge in [-0.15, -0.1) is 11.3 Å². The highest BCUT2D eigenvalue weighted by atomic mass is 32.1. The minimum absolute atomic E-state index is 0.0589. The van der Waals surface area contributed by atoms with Crippen molar-refractivity contribution in [1.82, 2.24) is 4.90 Å². The van der Waals surface area contributed by atoms with Crippen LogP contribution in [0.25, 0.3) is 0 Å². The van der Waals surface area contributed by atoms with Gasteiger partial charge in [0.25, 0.3) is 11.7 Å². The van der Waals surface area contributed by atoms with E-state index in [1.165, 1.54) is 18.2 Å². The molecule has 2 saturated heterocycles. The van der Waals surface area contributed by atoms with Crippen LogP contribution in [0.4, 0.5) is 23.2 Å². The van der Waals surface area contributed by atoms with Crippen molar-refractivity contribution in [3.05, 3.63) is 52.0 Å². The summed E-state index contributed by atoms with van der Waals surface area (Å²) in [6.45, 7) is 1.03. The van der Waals surface area contributed by atoms with Gasteiger partial charge in [-0.25, -0.2) is 4.39 Å². The molecule has 2 unspecified atom stereocenters. The molecule has 1 aromatic carbocycles. The number of anilines is 1. The van der Waals surface area contributed by atoms with Gasteiger partial charge in [0, 0.05) is 24.8 Å². The van der Waals surface area contributed by atoms with Crippen molar-refractivity contribution in [1.29, 1.82) is 0 Å². The molecule has 4 rings (SSSR count). The second kappa shape index (κ2) is 6.33. The number of ketones is 1. The molecule has 2 aliphatic heterocycles. The van der Waals surface area contributed by atoms with Crippen molar-refractivity contribution in [2.75, 3.05) is 18.0 Å². The van der Waals surface area contributed by atoms with E-state index in [0.29, 0.717) is 24.4 Å². The third kappa shape index (κ3) is 3.20. The lowest BCUT2D eigenvalue weighted by molar-refractivity contribution is -0.0882. The smallest absolute Gasteiger partial charge is 0.365 e. The second-order valence-corrected chi connectivity index (χ2v) is 7.70. The van der Waals surface area contributed by atoms with E-state index in [0.717, 1.165) is 18.2 Å². The highest BCUT2D eigenvalue weighted by molar-refractivity contribution is 7.16. The maximum atomic E-state index is 13.1. The first-order valence-corrected chi connectivity index (χ1v) is 9.10. The van der Waals surface area contributed by atoms with E-state index < -0.39 is 16.8 Å². The Morgan fingerprint density at radius 3 is 2.22 bits per heavy atom. The second-order valence-electron chi connectivity index (χ2n) is 6.62. The summed E-state index contributed by atoms with van der Waals surface area (Å²) in [6.07, 6.45) is -4.20. The Kier molecular flexibility index (Phi) is 4.21. The zero-order chi connectivity index (χ0) is 19.3. The average Bonchev–Trinajstić information content (AvgIpc) is 3.35. The van der Waals surface area contributed by atoms with Gasteiger partial charge in [0.05, 0.1) is 15.8 Å². The molecule has 2 fully saturated rings. The number of thiophene rings is 1. The SMILES string of the molecule is O=C(c1ccc(C(=O)C(F)(F)F)s1)N1CC2CC1CN2c1ccc(F)cc1. The maximum absolute atomic E-state index is 13.1. The Morgan fingerprint density at radius 1 is 0.963 bits per heavy atom. The molecule has 3 heterocycles. The fourth-order valence-electron chi connectivity index (χ4n) is 3.72. The van der Waals surface area contributed by atoms with Gasteiger partial charge in [0.2, 0.25) is 0 Å². The number of carbonyl (C=O) groups is 2. The predicted octanol–water partition coefficient (Wildman–Crippen LogP) is 3.74. The number of halogens is 4. The number of alkyl halides is 3. The Morgan fingerprint density at radius 2 is 1.63 bits per heavy atom. The Hall–Kier alpha value is -2.42. The third-order valence-electron chi connectivity index (χ3n) is 4.96. The van der Waals surface area contributed by atoms with Crippen LogP contribution in [-0.2, 0) is 0 Å². The maximum Gasteiger partial charge on any atom is 0.455 e. The molecule has 1 aromatic heterocycles. The molecule has 9 heteroatoms. The number of amides is 1. The molecule has 2 bridgehead atoms. The van der Waals surface area contributed by atoms with Gasteiger partial charge < -0.3 is 9.80 Å². The lowest BCUT2D eigenvalue weighted by Crippen LogP contribution is -2.48. The van der Waals surface area contributed by atoms with Crippen molar-refractivity contribution >= 4 is 28.7 Å². The van der Waals surface area contributed by atoms with E-state index in [1.54, 1.807) is 17.0 Å². The van der Waals surface area contributed by atoms with Gasteiger partial charge >= 0.3 is 6.18 Å². The highest BCUT2D eigenvalue weighted by Gasteiger charge is 2.46. The topological polar surface area (TPSA) is 40.6 Å². The summed E-state index contributed by atoms with van der Waals surface area (Å²) in [6, 6.07) is 8.50. The first kappa shape index (κ1) is 18.0. The van der Waals surface area contributed by atoms with Crippen LogP contribution in [0.5, 0.6) is 0 Å². The zero-order valence-electron chi connectivity index (χ0n) is 13.9. The third-order valence-corrected chi connectivity index (χ3v) is 6.03. The summed E-state index contributed by atoms with van der Waals surface area (Å²) < 4.78 is 50.7. The van der Waals surface area contributed by atoms with E-state index in [9.17, 15) is 27.2 Å². The summed E-state index contributed by atoms with van der Waals surface area (Å²) in [5.41, 5.74) is 0.880. The number of likely N-dealkylation sites (tertiary alicyclic amines) is 1. The number of hydrogen-bond acceptors (Lipinski definition) is 4. The molecule has 2 aliphatic rings. The monoisotopic (exact) mass is 398 g/mol. The van der Waals surface area contributed by atoms with Gasteiger partial charge in [-0.05, 0) is 42.8 Å². The van der Waals surface area contributed by atoms with Gasteiger partial charge in [-0.1, -0.05) is 0 Å². The molecule has 0 aliphatic carbocycles. The number of fused-ring (bicyclic) bond motifs is 2. The lowest BCUT2D eigenvalue weighted by Gasteiger charge is -2.35. The Balaban J connectivity index is 1.46. The molecule has 2 aromatic rings. The van der Waals surface area contributed by atoms with Crippen molar-refractivity contribution < 1.29 is 27.2 Å². The predicted molar refractivity (Wildman–Crippen MR) is 91.7 cm³/mol. The number of Topliss-reactive ketones (excluding diaryl/α,β-unsaturated/α-hetero) is 1. The number of hydrogen-bond donors (Lipinski definition) is 0. The normalized spacial score (nSPS) is 21.8. The summed E-state index contributed by atoms with van der Waals surface area (Å²) in [5, 5.41) is 0. The van der Waals surface area contributed by atoms with Crippen LogP contribution in [0.15, 0.2) is 36.4 Å². The largest absolute Gasteiger partial charge is 0.455 e.